The fourth-order valence-electron chi connectivity index (χ4n) is 4.06. The lowest BCUT2D eigenvalue weighted by molar-refractivity contribution is -0.139. The van der Waals surface area contributed by atoms with E-state index in [0.717, 1.165) is 19.3 Å². The molecule has 2 N–H and O–H groups in total. The van der Waals surface area contributed by atoms with E-state index in [1.54, 1.807) is 4.90 Å². The average Bonchev–Trinajstić information content (AvgIpc) is 2.96. The van der Waals surface area contributed by atoms with Gasteiger partial charge in [-0.3, -0.25) is 4.79 Å². The van der Waals surface area contributed by atoms with Crippen molar-refractivity contribution in [2.24, 2.45) is 5.73 Å². The van der Waals surface area contributed by atoms with Gasteiger partial charge in [-0.05, 0) is 19.3 Å². The van der Waals surface area contributed by atoms with E-state index in [2.05, 4.69) is 0 Å². The molecule has 25 heavy (non-hydrogen) atoms. The highest BCUT2D eigenvalue weighted by molar-refractivity contribution is 7.95. The summed E-state index contributed by atoms with van der Waals surface area (Å²) in [4.78, 5) is 14.4. The van der Waals surface area contributed by atoms with Gasteiger partial charge in [0.15, 0.2) is 9.84 Å². The zero-order chi connectivity index (χ0) is 18.3. The summed E-state index contributed by atoms with van der Waals surface area (Å²) < 4.78 is 49.8. The largest absolute Gasteiger partial charge is 0.338 e. The zero-order valence-electron chi connectivity index (χ0n) is 14.4. The van der Waals surface area contributed by atoms with Crippen LogP contribution in [-0.2, 0) is 24.7 Å². The summed E-state index contributed by atoms with van der Waals surface area (Å²) in [5, 5.41) is -0.848. The van der Waals surface area contributed by atoms with Crippen molar-refractivity contribution in [3.63, 3.8) is 0 Å². The van der Waals surface area contributed by atoms with Gasteiger partial charge in [0.25, 0.3) is 0 Å². The van der Waals surface area contributed by atoms with Crippen LogP contribution in [0.25, 0.3) is 0 Å². The smallest absolute Gasteiger partial charge is 0.242 e. The van der Waals surface area contributed by atoms with Crippen molar-refractivity contribution in [3.05, 3.63) is 0 Å². The van der Waals surface area contributed by atoms with Crippen LogP contribution in [0.4, 0.5) is 0 Å². The monoisotopic (exact) mass is 393 g/mol. The van der Waals surface area contributed by atoms with Gasteiger partial charge in [-0.25, -0.2) is 16.8 Å². The molecule has 2 saturated heterocycles. The fourth-order valence-corrected chi connectivity index (χ4v) is 8.58. The number of nitrogens with two attached hydrogens (primary N) is 1. The molecule has 2 heterocycles. The van der Waals surface area contributed by atoms with Gasteiger partial charge in [-0.2, -0.15) is 4.31 Å². The number of carbonyl (C=O) groups excluding carboxylic acids is 1. The fraction of sp³-hybridized carbons (Fsp3) is 0.933. The lowest BCUT2D eigenvalue weighted by Gasteiger charge is -2.41. The molecule has 2 aliphatic heterocycles. The van der Waals surface area contributed by atoms with Gasteiger partial charge in [0.1, 0.15) is 0 Å². The van der Waals surface area contributed by atoms with E-state index in [9.17, 15) is 21.6 Å². The third kappa shape index (κ3) is 3.86. The second-order valence-corrected chi connectivity index (χ2v) is 11.9. The van der Waals surface area contributed by atoms with E-state index >= 15 is 0 Å². The number of sulfone groups is 1. The molecule has 10 heteroatoms. The van der Waals surface area contributed by atoms with Crippen LogP contribution in [0.3, 0.4) is 0 Å². The Morgan fingerprint density at radius 3 is 2.16 bits per heavy atom. The second-order valence-electron chi connectivity index (χ2n) is 7.48. The summed E-state index contributed by atoms with van der Waals surface area (Å²) in [6, 6.07) is 0. The van der Waals surface area contributed by atoms with Crippen LogP contribution in [-0.4, -0.2) is 80.4 Å². The van der Waals surface area contributed by atoms with Gasteiger partial charge in [-0.1, -0.05) is 19.3 Å². The first kappa shape index (κ1) is 19.1. The minimum absolute atomic E-state index is 0.0644. The highest BCUT2D eigenvalue weighted by Gasteiger charge is 2.43. The lowest BCUT2D eigenvalue weighted by atomic mass is 9.81. The number of rotatable bonds is 3. The van der Waals surface area contributed by atoms with Gasteiger partial charge in [0.05, 0.1) is 22.3 Å². The van der Waals surface area contributed by atoms with Crippen LogP contribution >= 0.6 is 0 Å². The van der Waals surface area contributed by atoms with Crippen molar-refractivity contribution < 1.29 is 21.6 Å². The summed E-state index contributed by atoms with van der Waals surface area (Å²) in [5.74, 6) is -0.432. The molecule has 3 aliphatic rings. The van der Waals surface area contributed by atoms with Crippen LogP contribution in [0.1, 0.15) is 38.5 Å². The molecule has 0 aromatic rings. The molecule has 3 rings (SSSR count). The summed E-state index contributed by atoms with van der Waals surface area (Å²) in [7, 11) is -6.89. The normalized spacial score (nSPS) is 30.3. The molecule has 1 amide bonds. The Morgan fingerprint density at radius 1 is 1.04 bits per heavy atom. The van der Waals surface area contributed by atoms with Crippen molar-refractivity contribution in [2.45, 2.75) is 49.3 Å². The minimum atomic E-state index is -3.64. The molecule has 8 nitrogen and oxygen atoms in total. The first-order chi connectivity index (χ1) is 11.6. The van der Waals surface area contributed by atoms with Crippen molar-refractivity contribution in [2.75, 3.05) is 37.7 Å². The quantitative estimate of drug-likeness (QED) is 0.678. The van der Waals surface area contributed by atoms with Gasteiger partial charge in [0, 0.05) is 26.2 Å². The molecule has 1 unspecified atom stereocenters. The Bertz CT molecular complexity index is 720. The number of hydrogen-bond donors (Lipinski definition) is 1. The molecule has 1 aliphatic carbocycles. The molecule has 0 bridgehead atoms. The number of hydrogen-bond acceptors (Lipinski definition) is 6. The molecule has 144 valence electrons. The SMILES string of the molecule is NC1(C(=O)N2CCN(S(=O)(=O)C3CCS(=O)(=O)C3)CC2)CCCCC1. The Hall–Kier alpha value is -0.710. The van der Waals surface area contributed by atoms with Crippen molar-refractivity contribution in [3.8, 4) is 0 Å². The van der Waals surface area contributed by atoms with E-state index in [1.165, 1.54) is 4.31 Å². The maximum absolute atomic E-state index is 12.7. The predicted molar refractivity (Wildman–Crippen MR) is 94.1 cm³/mol. The predicted octanol–water partition coefficient (Wildman–Crippen LogP) is -0.691. The van der Waals surface area contributed by atoms with Crippen LogP contribution in [0.2, 0.25) is 0 Å². The molecule has 0 aromatic heterocycles. The van der Waals surface area contributed by atoms with E-state index in [1.807, 2.05) is 0 Å². The Labute approximate surface area is 149 Å². The van der Waals surface area contributed by atoms with Crippen molar-refractivity contribution in [1.82, 2.24) is 9.21 Å². The Balaban J connectivity index is 1.61. The summed E-state index contributed by atoms with van der Waals surface area (Å²) in [6.07, 6.45) is 4.53. The number of sulfonamides is 1. The number of carbonyl (C=O) groups is 1. The standard InChI is InChI=1S/C15H27N3O5S2/c16-15(5-2-1-3-6-15)14(19)17-7-9-18(10-8-17)25(22,23)13-4-11-24(20,21)12-13/h13H,1-12,16H2. The van der Waals surface area contributed by atoms with E-state index in [0.29, 0.717) is 25.9 Å². The van der Waals surface area contributed by atoms with Gasteiger partial charge < -0.3 is 10.6 Å². The Kier molecular flexibility index (Phi) is 5.18. The van der Waals surface area contributed by atoms with Crippen molar-refractivity contribution >= 4 is 25.8 Å². The average molecular weight is 394 g/mol. The van der Waals surface area contributed by atoms with Crippen LogP contribution in [0.15, 0.2) is 0 Å². The number of amides is 1. The third-order valence-corrected chi connectivity index (χ3v) is 9.98. The minimum Gasteiger partial charge on any atom is -0.338 e. The molecule has 1 saturated carbocycles. The van der Waals surface area contributed by atoms with Gasteiger partial charge in [0.2, 0.25) is 15.9 Å². The third-order valence-electron chi connectivity index (χ3n) is 5.67. The molecule has 1 atom stereocenters. The summed E-state index contributed by atoms with van der Waals surface area (Å²) in [6.45, 7) is 1.05. The van der Waals surface area contributed by atoms with Crippen LogP contribution < -0.4 is 5.73 Å². The van der Waals surface area contributed by atoms with E-state index < -0.39 is 30.6 Å². The van der Waals surface area contributed by atoms with E-state index in [-0.39, 0.29) is 36.9 Å². The highest BCUT2D eigenvalue weighted by atomic mass is 32.2. The van der Waals surface area contributed by atoms with Crippen molar-refractivity contribution in [1.29, 1.82) is 0 Å². The highest BCUT2D eigenvalue weighted by Crippen LogP contribution is 2.29. The number of piperazine rings is 1. The topological polar surface area (TPSA) is 118 Å². The van der Waals surface area contributed by atoms with Crippen LogP contribution in [0.5, 0.6) is 0 Å². The molecule has 0 radical (unpaired) electrons. The molecular weight excluding hydrogens is 366 g/mol. The van der Waals surface area contributed by atoms with E-state index in [4.69, 9.17) is 5.73 Å². The van der Waals surface area contributed by atoms with Crippen LogP contribution in [0, 0.1) is 0 Å². The molecule has 3 fully saturated rings. The maximum atomic E-state index is 12.7. The Morgan fingerprint density at radius 2 is 1.64 bits per heavy atom. The first-order valence-electron chi connectivity index (χ1n) is 8.92. The molecule has 0 aromatic carbocycles. The number of nitrogens with zero attached hydrogens (tertiary/aromatic N) is 2. The zero-order valence-corrected chi connectivity index (χ0v) is 16.0. The van der Waals surface area contributed by atoms with Gasteiger partial charge >= 0.3 is 0 Å². The summed E-state index contributed by atoms with van der Waals surface area (Å²) in [5.41, 5.74) is 5.49. The maximum Gasteiger partial charge on any atom is 0.242 e. The lowest BCUT2D eigenvalue weighted by Crippen LogP contribution is -2.61. The molecular formula is C15H27N3O5S2. The second kappa shape index (κ2) is 6.79. The molecule has 0 spiro atoms. The first-order valence-corrected chi connectivity index (χ1v) is 12.2. The summed E-state index contributed by atoms with van der Waals surface area (Å²) >= 11 is 0. The van der Waals surface area contributed by atoms with Gasteiger partial charge in [-0.15, -0.1) is 0 Å².